The zero-order valence-corrected chi connectivity index (χ0v) is 12.7. The minimum absolute atomic E-state index is 0.263. The Balaban J connectivity index is 2.01. The first-order valence-corrected chi connectivity index (χ1v) is 7.52. The zero-order chi connectivity index (χ0) is 15.4. The standard InChI is InChI=1S/C15H17FN2O2S/c1-3-13-17-8-12(21-13)15(20)18-9(2)14(19)10-4-6-11(16)7-5-10/h4-9,14,19H,3H2,1-2H3,(H,18,20). The number of nitrogens with zero attached hydrogens (tertiary/aromatic N) is 1. The third kappa shape index (κ3) is 3.86. The molecule has 2 atom stereocenters. The van der Waals surface area contributed by atoms with E-state index in [4.69, 9.17) is 0 Å². The molecule has 0 bridgehead atoms. The molecule has 1 aromatic carbocycles. The van der Waals surface area contributed by atoms with E-state index in [0.29, 0.717) is 10.4 Å². The van der Waals surface area contributed by atoms with Crippen molar-refractivity contribution in [2.45, 2.75) is 32.4 Å². The summed E-state index contributed by atoms with van der Waals surface area (Å²) in [6, 6.07) is 5.08. The van der Waals surface area contributed by atoms with Crippen molar-refractivity contribution < 1.29 is 14.3 Å². The number of thiazole rings is 1. The van der Waals surface area contributed by atoms with Crippen LogP contribution in [0.3, 0.4) is 0 Å². The topological polar surface area (TPSA) is 62.2 Å². The summed E-state index contributed by atoms with van der Waals surface area (Å²) in [5, 5.41) is 13.8. The van der Waals surface area contributed by atoms with Gasteiger partial charge in [0.25, 0.3) is 5.91 Å². The molecule has 0 aliphatic rings. The average molecular weight is 308 g/mol. The quantitative estimate of drug-likeness (QED) is 0.892. The van der Waals surface area contributed by atoms with E-state index >= 15 is 0 Å². The Labute approximate surface area is 126 Å². The number of carbonyl (C=O) groups is 1. The van der Waals surface area contributed by atoms with Crippen molar-refractivity contribution in [2.75, 3.05) is 0 Å². The molecular formula is C15H17FN2O2S. The number of hydrogen-bond acceptors (Lipinski definition) is 4. The van der Waals surface area contributed by atoms with Crippen molar-refractivity contribution in [2.24, 2.45) is 0 Å². The number of aromatic nitrogens is 1. The molecule has 2 unspecified atom stereocenters. The van der Waals surface area contributed by atoms with Crippen molar-refractivity contribution in [3.8, 4) is 0 Å². The summed E-state index contributed by atoms with van der Waals surface area (Å²) in [6.07, 6.45) is 1.43. The molecule has 2 aromatic rings. The molecule has 1 heterocycles. The molecule has 2 N–H and O–H groups in total. The highest BCUT2D eigenvalue weighted by atomic mass is 32.1. The van der Waals surface area contributed by atoms with E-state index in [2.05, 4.69) is 10.3 Å². The first-order valence-electron chi connectivity index (χ1n) is 6.70. The molecule has 0 spiro atoms. The second-order valence-electron chi connectivity index (χ2n) is 4.73. The van der Waals surface area contributed by atoms with E-state index in [1.165, 1.54) is 41.8 Å². The van der Waals surface area contributed by atoms with Crippen LogP contribution in [0.2, 0.25) is 0 Å². The van der Waals surface area contributed by atoms with E-state index in [-0.39, 0.29) is 11.7 Å². The Morgan fingerprint density at radius 1 is 1.43 bits per heavy atom. The van der Waals surface area contributed by atoms with Crippen molar-refractivity contribution in [3.63, 3.8) is 0 Å². The van der Waals surface area contributed by atoms with Gasteiger partial charge in [0.15, 0.2) is 0 Å². The lowest BCUT2D eigenvalue weighted by atomic mass is 10.0. The third-order valence-corrected chi connectivity index (χ3v) is 4.26. The highest BCUT2D eigenvalue weighted by Gasteiger charge is 2.20. The highest BCUT2D eigenvalue weighted by Crippen LogP contribution is 2.19. The van der Waals surface area contributed by atoms with Crippen molar-refractivity contribution in [3.05, 3.63) is 51.7 Å². The molecule has 1 aromatic heterocycles. The molecule has 6 heteroatoms. The Bertz CT molecular complexity index is 612. The number of carbonyl (C=O) groups excluding carboxylic acids is 1. The Morgan fingerprint density at radius 2 is 2.10 bits per heavy atom. The van der Waals surface area contributed by atoms with E-state index in [9.17, 15) is 14.3 Å². The van der Waals surface area contributed by atoms with Gasteiger partial charge >= 0.3 is 0 Å². The lowest BCUT2D eigenvalue weighted by Gasteiger charge is -2.20. The van der Waals surface area contributed by atoms with Crippen LogP contribution in [0.4, 0.5) is 4.39 Å². The number of rotatable bonds is 5. The normalized spacial score (nSPS) is 13.7. The van der Waals surface area contributed by atoms with Gasteiger partial charge in [0.05, 0.1) is 23.4 Å². The number of aryl methyl sites for hydroxylation is 1. The van der Waals surface area contributed by atoms with Gasteiger partial charge in [-0.25, -0.2) is 9.37 Å². The first-order chi connectivity index (χ1) is 10.0. The van der Waals surface area contributed by atoms with E-state index in [0.717, 1.165) is 11.4 Å². The van der Waals surface area contributed by atoms with Crippen LogP contribution >= 0.6 is 11.3 Å². The van der Waals surface area contributed by atoms with Crippen LogP contribution < -0.4 is 5.32 Å². The molecule has 1 amide bonds. The predicted octanol–water partition coefficient (Wildman–Crippen LogP) is 2.70. The SMILES string of the molecule is CCc1ncc(C(=O)NC(C)C(O)c2ccc(F)cc2)s1. The maximum Gasteiger partial charge on any atom is 0.263 e. The van der Waals surface area contributed by atoms with Gasteiger partial charge in [-0.15, -0.1) is 11.3 Å². The number of aliphatic hydroxyl groups is 1. The van der Waals surface area contributed by atoms with Crippen molar-refractivity contribution >= 4 is 17.2 Å². The van der Waals surface area contributed by atoms with E-state index < -0.39 is 12.1 Å². The number of aliphatic hydroxyl groups excluding tert-OH is 1. The fraction of sp³-hybridized carbons (Fsp3) is 0.333. The summed E-state index contributed by atoms with van der Waals surface area (Å²) >= 11 is 1.34. The summed E-state index contributed by atoms with van der Waals surface area (Å²) in [7, 11) is 0. The van der Waals surface area contributed by atoms with Crippen LogP contribution in [0, 0.1) is 5.82 Å². The number of hydrogen-bond donors (Lipinski definition) is 2. The number of nitrogens with one attached hydrogen (secondary N) is 1. The minimum Gasteiger partial charge on any atom is -0.386 e. The molecule has 0 saturated carbocycles. The van der Waals surface area contributed by atoms with Crippen molar-refractivity contribution in [1.82, 2.24) is 10.3 Å². The Morgan fingerprint density at radius 3 is 2.67 bits per heavy atom. The maximum atomic E-state index is 12.9. The molecule has 4 nitrogen and oxygen atoms in total. The van der Waals surface area contributed by atoms with Crippen LogP contribution in [0.15, 0.2) is 30.5 Å². The summed E-state index contributed by atoms with van der Waals surface area (Å²) in [5.41, 5.74) is 0.558. The van der Waals surface area contributed by atoms with Crippen LogP contribution in [-0.4, -0.2) is 22.0 Å². The fourth-order valence-electron chi connectivity index (χ4n) is 1.88. The average Bonchev–Trinajstić information content (AvgIpc) is 2.96. The smallest absolute Gasteiger partial charge is 0.263 e. The Kier molecular flexibility index (Phi) is 5.03. The molecule has 112 valence electrons. The van der Waals surface area contributed by atoms with Crippen LogP contribution in [-0.2, 0) is 6.42 Å². The molecule has 0 saturated heterocycles. The minimum atomic E-state index is -0.895. The summed E-state index contributed by atoms with van der Waals surface area (Å²) < 4.78 is 12.9. The van der Waals surface area contributed by atoms with Crippen LogP contribution in [0.1, 0.15) is 40.2 Å². The molecule has 0 fully saturated rings. The third-order valence-electron chi connectivity index (χ3n) is 3.12. The first kappa shape index (κ1) is 15.6. The molecule has 2 rings (SSSR count). The predicted molar refractivity (Wildman–Crippen MR) is 79.8 cm³/mol. The zero-order valence-electron chi connectivity index (χ0n) is 11.8. The molecular weight excluding hydrogens is 291 g/mol. The van der Waals surface area contributed by atoms with Crippen LogP contribution in [0.25, 0.3) is 0 Å². The van der Waals surface area contributed by atoms with Gasteiger partial charge in [0, 0.05) is 0 Å². The number of amides is 1. The van der Waals surface area contributed by atoms with Gasteiger partial charge in [-0.1, -0.05) is 19.1 Å². The maximum absolute atomic E-state index is 12.9. The lowest BCUT2D eigenvalue weighted by molar-refractivity contribution is 0.0855. The van der Waals surface area contributed by atoms with Gasteiger partial charge in [-0.2, -0.15) is 0 Å². The molecule has 0 radical (unpaired) electrons. The Hall–Kier alpha value is -1.79. The van der Waals surface area contributed by atoms with Gasteiger partial charge in [0.1, 0.15) is 10.7 Å². The van der Waals surface area contributed by atoms with E-state index in [1.54, 1.807) is 6.92 Å². The second-order valence-corrected chi connectivity index (χ2v) is 5.85. The highest BCUT2D eigenvalue weighted by molar-refractivity contribution is 7.13. The van der Waals surface area contributed by atoms with Gasteiger partial charge < -0.3 is 10.4 Å². The number of halogens is 1. The second kappa shape index (κ2) is 6.78. The van der Waals surface area contributed by atoms with Crippen LogP contribution in [0.5, 0.6) is 0 Å². The van der Waals surface area contributed by atoms with Gasteiger partial charge in [-0.05, 0) is 31.0 Å². The monoisotopic (exact) mass is 308 g/mol. The largest absolute Gasteiger partial charge is 0.386 e. The molecule has 0 aliphatic heterocycles. The van der Waals surface area contributed by atoms with Crippen molar-refractivity contribution in [1.29, 1.82) is 0 Å². The number of benzene rings is 1. The van der Waals surface area contributed by atoms with Gasteiger partial charge in [-0.3, -0.25) is 4.79 Å². The molecule has 0 aliphatic carbocycles. The lowest BCUT2D eigenvalue weighted by Crippen LogP contribution is -2.36. The van der Waals surface area contributed by atoms with Gasteiger partial charge in [0.2, 0.25) is 0 Å². The summed E-state index contributed by atoms with van der Waals surface area (Å²) in [4.78, 5) is 16.7. The summed E-state index contributed by atoms with van der Waals surface area (Å²) in [5.74, 6) is -0.625. The van der Waals surface area contributed by atoms with E-state index in [1.807, 2.05) is 6.92 Å². The fourth-order valence-corrected chi connectivity index (χ4v) is 2.64. The summed E-state index contributed by atoms with van der Waals surface area (Å²) in [6.45, 7) is 3.68. The molecule has 21 heavy (non-hydrogen) atoms.